The smallest absolute Gasteiger partial charge is 0.144 e. The van der Waals surface area contributed by atoms with Crippen LogP contribution in [0, 0.1) is 5.92 Å². The van der Waals surface area contributed by atoms with Gasteiger partial charge in [-0.1, -0.05) is 69.6 Å². The number of imidazole rings is 1. The van der Waals surface area contributed by atoms with Crippen LogP contribution in [-0.2, 0) is 6.42 Å². The summed E-state index contributed by atoms with van der Waals surface area (Å²) in [6.45, 7) is 8.84. The third kappa shape index (κ3) is 3.80. The maximum atomic E-state index is 6.60. The van der Waals surface area contributed by atoms with Crippen molar-refractivity contribution in [2.45, 2.75) is 40.0 Å². The molecule has 3 rings (SSSR count). The lowest BCUT2D eigenvalue weighted by Gasteiger charge is -2.15. The Balaban J connectivity index is 2.08. The standard InChI is InChI=1S/C22H25ClN2/c1-15(2)13-18-7-5-6-8-19(18)22-24-11-12-25(22)21-10-9-17(16(3)4)14-20(21)23/h5-12,14-16H,13H2,1-4H3. The van der Waals surface area contributed by atoms with Crippen molar-refractivity contribution in [1.29, 1.82) is 0 Å². The molecule has 0 bridgehead atoms. The Bertz CT molecular complexity index is 862. The van der Waals surface area contributed by atoms with Gasteiger partial charge in [0, 0.05) is 18.0 Å². The SMILES string of the molecule is CC(C)Cc1ccccc1-c1nccn1-c1ccc(C(C)C)cc1Cl. The number of halogens is 1. The molecule has 1 heterocycles. The van der Waals surface area contributed by atoms with Crippen molar-refractivity contribution in [2.75, 3.05) is 0 Å². The number of rotatable bonds is 5. The van der Waals surface area contributed by atoms with Gasteiger partial charge in [0.15, 0.2) is 0 Å². The van der Waals surface area contributed by atoms with E-state index in [0.29, 0.717) is 11.8 Å². The highest BCUT2D eigenvalue weighted by atomic mass is 35.5. The summed E-state index contributed by atoms with van der Waals surface area (Å²) >= 11 is 6.60. The number of nitrogens with zero attached hydrogens (tertiary/aromatic N) is 2. The van der Waals surface area contributed by atoms with Crippen molar-refractivity contribution < 1.29 is 0 Å². The number of benzene rings is 2. The molecule has 0 spiro atoms. The molecule has 1 aromatic heterocycles. The molecular formula is C22H25ClN2. The lowest BCUT2D eigenvalue weighted by Crippen LogP contribution is -2.02. The van der Waals surface area contributed by atoms with Crippen LogP contribution in [0.4, 0.5) is 0 Å². The predicted octanol–water partition coefficient (Wildman–Crippen LogP) is 6.51. The summed E-state index contributed by atoms with van der Waals surface area (Å²) in [7, 11) is 0. The predicted molar refractivity (Wildman–Crippen MR) is 107 cm³/mol. The van der Waals surface area contributed by atoms with E-state index in [0.717, 1.165) is 23.0 Å². The zero-order valence-electron chi connectivity index (χ0n) is 15.3. The Hall–Kier alpha value is -2.06. The third-order valence-electron chi connectivity index (χ3n) is 4.43. The molecular weight excluding hydrogens is 328 g/mol. The van der Waals surface area contributed by atoms with Crippen LogP contribution in [0.1, 0.15) is 44.7 Å². The van der Waals surface area contributed by atoms with Gasteiger partial charge in [-0.2, -0.15) is 0 Å². The van der Waals surface area contributed by atoms with Crippen molar-refractivity contribution in [3.05, 3.63) is 71.0 Å². The number of hydrogen-bond acceptors (Lipinski definition) is 1. The maximum Gasteiger partial charge on any atom is 0.144 e. The van der Waals surface area contributed by atoms with E-state index in [9.17, 15) is 0 Å². The Morgan fingerprint density at radius 1 is 1.04 bits per heavy atom. The summed E-state index contributed by atoms with van der Waals surface area (Å²) in [5.74, 6) is 1.99. The van der Waals surface area contributed by atoms with Gasteiger partial charge in [0.05, 0.1) is 10.7 Å². The van der Waals surface area contributed by atoms with Crippen molar-refractivity contribution in [3.8, 4) is 17.1 Å². The van der Waals surface area contributed by atoms with Crippen LogP contribution in [0.3, 0.4) is 0 Å². The summed E-state index contributed by atoms with van der Waals surface area (Å²) in [4.78, 5) is 4.63. The van der Waals surface area contributed by atoms with Crippen LogP contribution in [0.5, 0.6) is 0 Å². The topological polar surface area (TPSA) is 17.8 Å². The highest BCUT2D eigenvalue weighted by molar-refractivity contribution is 6.32. The second-order valence-corrected chi connectivity index (χ2v) is 7.65. The van der Waals surface area contributed by atoms with Crippen molar-refractivity contribution in [1.82, 2.24) is 9.55 Å². The first-order valence-electron chi connectivity index (χ1n) is 8.88. The van der Waals surface area contributed by atoms with Gasteiger partial charge >= 0.3 is 0 Å². The minimum atomic E-state index is 0.459. The molecule has 0 N–H and O–H groups in total. The van der Waals surface area contributed by atoms with Crippen LogP contribution in [-0.4, -0.2) is 9.55 Å². The third-order valence-corrected chi connectivity index (χ3v) is 4.73. The molecule has 0 radical (unpaired) electrons. The minimum Gasteiger partial charge on any atom is -0.298 e. The van der Waals surface area contributed by atoms with Crippen LogP contribution < -0.4 is 0 Å². The second kappa shape index (κ2) is 7.45. The fourth-order valence-electron chi connectivity index (χ4n) is 3.13. The Morgan fingerprint density at radius 3 is 2.48 bits per heavy atom. The van der Waals surface area contributed by atoms with Crippen molar-refractivity contribution in [3.63, 3.8) is 0 Å². The van der Waals surface area contributed by atoms with Gasteiger partial charge in [0.25, 0.3) is 0 Å². The molecule has 25 heavy (non-hydrogen) atoms. The van der Waals surface area contributed by atoms with Crippen LogP contribution >= 0.6 is 11.6 Å². The molecule has 3 aromatic rings. The van der Waals surface area contributed by atoms with Crippen molar-refractivity contribution >= 4 is 11.6 Å². The van der Waals surface area contributed by atoms with E-state index in [-0.39, 0.29) is 0 Å². The molecule has 2 nitrogen and oxygen atoms in total. The van der Waals surface area contributed by atoms with Crippen LogP contribution in [0.25, 0.3) is 17.1 Å². The average Bonchev–Trinajstić information content (AvgIpc) is 3.03. The fraction of sp³-hybridized carbons (Fsp3) is 0.318. The van der Waals surface area contributed by atoms with E-state index in [4.69, 9.17) is 11.6 Å². The first-order chi connectivity index (χ1) is 12.0. The summed E-state index contributed by atoms with van der Waals surface area (Å²) < 4.78 is 2.09. The molecule has 2 aromatic carbocycles. The molecule has 0 saturated heterocycles. The van der Waals surface area contributed by atoms with Gasteiger partial charge in [0.1, 0.15) is 5.82 Å². The normalized spacial score (nSPS) is 11.5. The summed E-state index contributed by atoms with van der Waals surface area (Å²) in [6.07, 6.45) is 4.86. The first kappa shape index (κ1) is 17.8. The lowest BCUT2D eigenvalue weighted by atomic mass is 9.97. The fourth-order valence-corrected chi connectivity index (χ4v) is 3.41. The van der Waals surface area contributed by atoms with Crippen molar-refractivity contribution in [2.24, 2.45) is 5.92 Å². The van der Waals surface area contributed by atoms with E-state index in [1.807, 2.05) is 12.4 Å². The Morgan fingerprint density at radius 2 is 1.80 bits per heavy atom. The van der Waals surface area contributed by atoms with E-state index in [1.165, 1.54) is 16.7 Å². The monoisotopic (exact) mass is 352 g/mol. The molecule has 0 aliphatic carbocycles. The molecule has 0 atom stereocenters. The quantitative estimate of drug-likeness (QED) is 0.511. The Kier molecular flexibility index (Phi) is 5.29. The van der Waals surface area contributed by atoms with Gasteiger partial charge in [-0.25, -0.2) is 4.98 Å². The van der Waals surface area contributed by atoms with Crippen LogP contribution in [0.15, 0.2) is 54.9 Å². The average molecular weight is 353 g/mol. The number of hydrogen-bond donors (Lipinski definition) is 0. The highest BCUT2D eigenvalue weighted by Crippen LogP contribution is 2.31. The molecule has 0 amide bonds. The second-order valence-electron chi connectivity index (χ2n) is 7.24. The zero-order valence-corrected chi connectivity index (χ0v) is 16.1. The summed E-state index contributed by atoms with van der Waals surface area (Å²) in [5, 5.41) is 0.756. The molecule has 0 aliphatic rings. The van der Waals surface area contributed by atoms with Gasteiger partial charge < -0.3 is 0 Å². The molecule has 130 valence electrons. The van der Waals surface area contributed by atoms with E-state index in [2.05, 4.69) is 79.7 Å². The van der Waals surface area contributed by atoms with Gasteiger partial charge in [-0.05, 0) is 41.5 Å². The summed E-state index contributed by atoms with van der Waals surface area (Å²) in [6, 6.07) is 14.8. The lowest BCUT2D eigenvalue weighted by molar-refractivity contribution is 0.647. The zero-order chi connectivity index (χ0) is 18.0. The maximum absolute atomic E-state index is 6.60. The molecule has 0 aliphatic heterocycles. The largest absolute Gasteiger partial charge is 0.298 e. The van der Waals surface area contributed by atoms with Gasteiger partial charge in [-0.3, -0.25) is 4.57 Å². The summed E-state index contributed by atoms with van der Waals surface area (Å²) in [5.41, 5.74) is 4.71. The minimum absolute atomic E-state index is 0.459. The molecule has 0 unspecified atom stereocenters. The van der Waals surface area contributed by atoms with Gasteiger partial charge in [-0.15, -0.1) is 0 Å². The number of aromatic nitrogens is 2. The van der Waals surface area contributed by atoms with E-state index in [1.54, 1.807) is 0 Å². The molecule has 0 fully saturated rings. The first-order valence-corrected chi connectivity index (χ1v) is 9.26. The van der Waals surface area contributed by atoms with Crippen LogP contribution in [0.2, 0.25) is 5.02 Å². The Labute approximate surface area is 155 Å². The van der Waals surface area contributed by atoms with E-state index < -0.39 is 0 Å². The highest BCUT2D eigenvalue weighted by Gasteiger charge is 2.15. The molecule has 0 saturated carbocycles. The van der Waals surface area contributed by atoms with E-state index >= 15 is 0 Å². The molecule has 3 heteroatoms. The van der Waals surface area contributed by atoms with Gasteiger partial charge in [0.2, 0.25) is 0 Å².